The molecule has 19 heavy (non-hydrogen) atoms. The summed E-state index contributed by atoms with van der Waals surface area (Å²) in [5.74, 6) is 3.97. The highest BCUT2D eigenvalue weighted by Gasteiger charge is 2.34. The third kappa shape index (κ3) is 4.77. The molecule has 1 N–H and O–H groups in total. The van der Waals surface area contributed by atoms with E-state index in [-0.39, 0.29) is 5.54 Å². The van der Waals surface area contributed by atoms with Crippen LogP contribution in [0.1, 0.15) is 79.1 Å². The van der Waals surface area contributed by atoms with Gasteiger partial charge in [-0.25, -0.2) is 0 Å². The minimum absolute atomic E-state index is 0.278. The standard InChI is InChI=1S/C18H35N/c1-14-10-11-16(13-19-18(2,3)4)17(12-14)15-8-6-5-7-9-15/h14-17,19H,5-13H2,1-4H3. The van der Waals surface area contributed by atoms with Crippen molar-refractivity contribution < 1.29 is 0 Å². The molecule has 0 aromatic carbocycles. The first kappa shape index (κ1) is 15.4. The Labute approximate surface area is 120 Å². The Hall–Kier alpha value is -0.0400. The van der Waals surface area contributed by atoms with Gasteiger partial charge in [0.2, 0.25) is 0 Å². The third-order valence-electron chi connectivity index (χ3n) is 5.46. The molecule has 2 saturated carbocycles. The molecule has 0 amide bonds. The fourth-order valence-electron chi connectivity index (χ4n) is 4.32. The van der Waals surface area contributed by atoms with E-state index in [4.69, 9.17) is 0 Å². The zero-order valence-corrected chi connectivity index (χ0v) is 13.7. The Bertz CT molecular complexity index is 259. The molecule has 2 aliphatic carbocycles. The van der Waals surface area contributed by atoms with Crippen LogP contribution in [0.2, 0.25) is 0 Å². The minimum Gasteiger partial charge on any atom is -0.312 e. The highest BCUT2D eigenvalue weighted by atomic mass is 14.9. The zero-order chi connectivity index (χ0) is 13.9. The van der Waals surface area contributed by atoms with Crippen molar-refractivity contribution in [3.63, 3.8) is 0 Å². The van der Waals surface area contributed by atoms with Crippen LogP contribution in [0.5, 0.6) is 0 Å². The van der Waals surface area contributed by atoms with Crippen LogP contribution in [-0.2, 0) is 0 Å². The van der Waals surface area contributed by atoms with Gasteiger partial charge >= 0.3 is 0 Å². The zero-order valence-electron chi connectivity index (χ0n) is 13.7. The molecule has 2 aliphatic rings. The first-order chi connectivity index (χ1) is 8.96. The van der Waals surface area contributed by atoms with E-state index in [1.165, 1.54) is 57.9 Å². The molecule has 1 nitrogen and oxygen atoms in total. The molecule has 0 bridgehead atoms. The van der Waals surface area contributed by atoms with E-state index in [0.717, 1.165) is 23.7 Å². The maximum absolute atomic E-state index is 3.78. The van der Waals surface area contributed by atoms with E-state index in [0.29, 0.717) is 0 Å². The van der Waals surface area contributed by atoms with Gasteiger partial charge in [0.05, 0.1) is 0 Å². The monoisotopic (exact) mass is 265 g/mol. The smallest absolute Gasteiger partial charge is 0.00966 e. The number of rotatable bonds is 3. The lowest BCUT2D eigenvalue weighted by Gasteiger charge is -2.42. The Kier molecular flexibility index (Phi) is 5.34. The fourth-order valence-corrected chi connectivity index (χ4v) is 4.32. The third-order valence-corrected chi connectivity index (χ3v) is 5.46. The van der Waals surface area contributed by atoms with Crippen molar-refractivity contribution in [1.82, 2.24) is 5.32 Å². The summed E-state index contributed by atoms with van der Waals surface area (Å²) < 4.78 is 0. The Balaban J connectivity index is 1.93. The van der Waals surface area contributed by atoms with Gasteiger partial charge in [-0.3, -0.25) is 0 Å². The maximum Gasteiger partial charge on any atom is 0.00966 e. The largest absolute Gasteiger partial charge is 0.312 e. The van der Waals surface area contributed by atoms with Gasteiger partial charge in [-0.05, 0) is 63.8 Å². The summed E-state index contributed by atoms with van der Waals surface area (Å²) in [6.07, 6.45) is 11.9. The molecule has 0 radical (unpaired) electrons. The molecule has 1 heteroatoms. The summed E-state index contributed by atoms with van der Waals surface area (Å²) in [6.45, 7) is 10.6. The van der Waals surface area contributed by atoms with Crippen molar-refractivity contribution in [2.75, 3.05) is 6.54 Å². The second-order valence-electron chi connectivity index (χ2n) is 8.37. The van der Waals surface area contributed by atoms with Gasteiger partial charge in [-0.15, -0.1) is 0 Å². The van der Waals surface area contributed by atoms with Gasteiger partial charge in [0.1, 0.15) is 0 Å². The molecule has 0 heterocycles. The first-order valence-electron chi connectivity index (χ1n) is 8.71. The quantitative estimate of drug-likeness (QED) is 0.756. The van der Waals surface area contributed by atoms with Crippen molar-refractivity contribution in [3.8, 4) is 0 Å². The molecule has 112 valence electrons. The van der Waals surface area contributed by atoms with Crippen LogP contribution < -0.4 is 5.32 Å². The lowest BCUT2D eigenvalue weighted by atomic mass is 9.65. The van der Waals surface area contributed by atoms with Gasteiger partial charge in [-0.2, -0.15) is 0 Å². The van der Waals surface area contributed by atoms with E-state index in [1.54, 1.807) is 0 Å². The molecular formula is C18H35N. The van der Waals surface area contributed by atoms with Gasteiger partial charge in [-0.1, -0.05) is 45.4 Å². The van der Waals surface area contributed by atoms with E-state index < -0.39 is 0 Å². The van der Waals surface area contributed by atoms with Gasteiger partial charge in [0.15, 0.2) is 0 Å². The van der Waals surface area contributed by atoms with E-state index in [9.17, 15) is 0 Å². The molecule has 0 aromatic heterocycles. The number of nitrogens with one attached hydrogen (secondary N) is 1. The van der Waals surface area contributed by atoms with Crippen LogP contribution in [0.3, 0.4) is 0 Å². The normalized spacial score (nSPS) is 34.4. The van der Waals surface area contributed by atoms with Crippen molar-refractivity contribution in [3.05, 3.63) is 0 Å². The SMILES string of the molecule is CC1CCC(CNC(C)(C)C)C(C2CCCCC2)C1. The summed E-state index contributed by atoms with van der Waals surface area (Å²) in [7, 11) is 0. The van der Waals surface area contributed by atoms with Gasteiger partial charge < -0.3 is 5.32 Å². The summed E-state index contributed by atoms with van der Waals surface area (Å²) in [5.41, 5.74) is 0.278. The minimum atomic E-state index is 0.278. The van der Waals surface area contributed by atoms with E-state index in [1.807, 2.05) is 0 Å². The fraction of sp³-hybridized carbons (Fsp3) is 1.00. The van der Waals surface area contributed by atoms with Crippen LogP contribution in [0.15, 0.2) is 0 Å². The molecular weight excluding hydrogens is 230 g/mol. The average molecular weight is 265 g/mol. The maximum atomic E-state index is 3.78. The Morgan fingerprint density at radius 3 is 2.26 bits per heavy atom. The highest BCUT2D eigenvalue weighted by Crippen LogP contribution is 2.43. The number of hydrogen-bond acceptors (Lipinski definition) is 1. The molecule has 0 aliphatic heterocycles. The number of hydrogen-bond donors (Lipinski definition) is 1. The first-order valence-corrected chi connectivity index (χ1v) is 8.71. The average Bonchev–Trinajstić information content (AvgIpc) is 2.37. The lowest BCUT2D eigenvalue weighted by Crippen LogP contribution is -2.43. The van der Waals surface area contributed by atoms with Gasteiger partial charge in [0, 0.05) is 5.54 Å². The van der Waals surface area contributed by atoms with Crippen molar-refractivity contribution in [1.29, 1.82) is 0 Å². The molecule has 0 aromatic rings. The predicted octanol–water partition coefficient (Wildman–Crippen LogP) is 5.01. The summed E-state index contributed by atoms with van der Waals surface area (Å²) in [5, 5.41) is 3.78. The molecule has 0 saturated heterocycles. The molecule has 3 atom stereocenters. The van der Waals surface area contributed by atoms with Crippen LogP contribution in [-0.4, -0.2) is 12.1 Å². The second kappa shape index (κ2) is 6.61. The summed E-state index contributed by atoms with van der Waals surface area (Å²) in [4.78, 5) is 0. The Morgan fingerprint density at radius 2 is 1.63 bits per heavy atom. The second-order valence-corrected chi connectivity index (χ2v) is 8.37. The Morgan fingerprint density at radius 1 is 0.947 bits per heavy atom. The topological polar surface area (TPSA) is 12.0 Å². The van der Waals surface area contributed by atoms with Crippen molar-refractivity contribution in [2.45, 2.75) is 84.6 Å². The van der Waals surface area contributed by atoms with Crippen molar-refractivity contribution >= 4 is 0 Å². The highest BCUT2D eigenvalue weighted by molar-refractivity contribution is 4.87. The molecule has 0 spiro atoms. The summed E-state index contributed by atoms with van der Waals surface area (Å²) in [6, 6.07) is 0. The molecule has 2 rings (SSSR count). The predicted molar refractivity (Wildman–Crippen MR) is 84.3 cm³/mol. The summed E-state index contributed by atoms with van der Waals surface area (Å²) >= 11 is 0. The van der Waals surface area contributed by atoms with Crippen LogP contribution in [0.4, 0.5) is 0 Å². The van der Waals surface area contributed by atoms with E-state index in [2.05, 4.69) is 33.0 Å². The van der Waals surface area contributed by atoms with E-state index >= 15 is 0 Å². The van der Waals surface area contributed by atoms with Crippen molar-refractivity contribution in [2.24, 2.45) is 23.7 Å². The molecule has 2 fully saturated rings. The van der Waals surface area contributed by atoms with Gasteiger partial charge in [0.25, 0.3) is 0 Å². The van der Waals surface area contributed by atoms with Crippen LogP contribution in [0.25, 0.3) is 0 Å². The lowest BCUT2D eigenvalue weighted by molar-refractivity contribution is 0.0961. The molecule has 3 unspecified atom stereocenters. The van der Waals surface area contributed by atoms with Crippen LogP contribution >= 0.6 is 0 Å². The van der Waals surface area contributed by atoms with Crippen LogP contribution in [0, 0.1) is 23.7 Å².